The second-order valence-electron chi connectivity index (χ2n) is 6.94. The highest BCUT2D eigenvalue weighted by Crippen LogP contribution is 2.36. The number of ketones is 2. The Hall–Kier alpha value is -2.45. The fourth-order valence-corrected chi connectivity index (χ4v) is 4.43. The quantitative estimate of drug-likeness (QED) is 0.187. The molecular weight excluding hydrogens is 571 g/mol. The normalized spacial score (nSPS) is 12.7. The van der Waals surface area contributed by atoms with Crippen LogP contribution >= 0.6 is 38.5 Å². The van der Waals surface area contributed by atoms with Crippen LogP contribution in [0.5, 0.6) is 11.5 Å². The molecule has 4 rings (SSSR count). The maximum Gasteiger partial charge on any atom is 0.197 e. The smallest absolute Gasteiger partial charge is 0.197 e. The molecule has 0 N–H and O–H groups in total. The van der Waals surface area contributed by atoms with Crippen molar-refractivity contribution in [2.24, 2.45) is 0 Å². The van der Waals surface area contributed by atoms with Crippen molar-refractivity contribution >= 4 is 56.2 Å². The standard InChI is InChI=1S/C25H18BrIO4/c1-2-30-22-13-16(11-20-23(28)18-5-3-4-6-19(18)24(20)29)12-21(27)25(22)31-14-15-7-9-17(26)10-8-15/h3-13H,2,14H2,1H3. The van der Waals surface area contributed by atoms with E-state index >= 15 is 0 Å². The average Bonchev–Trinajstić information content (AvgIpc) is 3.00. The number of ether oxygens (including phenoxy) is 2. The number of Topliss-reactive ketones (excluding diaryl/α,β-unsaturated/α-hetero) is 2. The molecule has 0 radical (unpaired) electrons. The lowest BCUT2D eigenvalue weighted by Gasteiger charge is -2.15. The molecule has 0 bridgehead atoms. The SMILES string of the molecule is CCOc1cc(C=C2C(=O)c3ccccc3C2=O)cc(I)c1OCc1ccc(Br)cc1. The number of hydrogen-bond acceptors (Lipinski definition) is 4. The number of halogens is 2. The van der Waals surface area contributed by atoms with Gasteiger partial charge in [0.25, 0.3) is 0 Å². The molecule has 0 saturated carbocycles. The van der Waals surface area contributed by atoms with E-state index < -0.39 is 0 Å². The Morgan fingerprint density at radius 1 is 0.935 bits per heavy atom. The lowest BCUT2D eigenvalue weighted by Crippen LogP contribution is -2.03. The monoisotopic (exact) mass is 588 g/mol. The number of benzene rings is 3. The summed E-state index contributed by atoms with van der Waals surface area (Å²) in [6.07, 6.45) is 1.63. The lowest BCUT2D eigenvalue weighted by atomic mass is 10.1. The molecule has 6 heteroatoms. The van der Waals surface area contributed by atoms with E-state index in [2.05, 4.69) is 38.5 Å². The summed E-state index contributed by atoms with van der Waals surface area (Å²) in [5.41, 5.74) is 2.82. The number of rotatable bonds is 6. The fraction of sp³-hybridized carbons (Fsp3) is 0.120. The van der Waals surface area contributed by atoms with Gasteiger partial charge >= 0.3 is 0 Å². The van der Waals surface area contributed by atoms with Gasteiger partial charge < -0.3 is 9.47 Å². The zero-order chi connectivity index (χ0) is 22.0. The van der Waals surface area contributed by atoms with Crippen LogP contribution in [-0.4, -0.2) is 18.2 Å². The van der Waals surface area contributed by atoms with Gasteiger partial charge in [0.1, 0.15) is 6.61 Å². The van der Waals surface area contributed by atoms with Crippen LogP contribution in [0.4, 0.5) is 0 Å². The largest absolute Gasteiger partial charge is 0.490 e. The third-order valence-electron chi connectivity index (χ3n) is 4.84. The van der Waals surface area contributed by atoms with Gasteiger partial charge in [-0.2, -0.15) is 0 Å². The van der Waals surface area contributed by atoms with E-state index in [9.17, 15) is 9.59 Å². The molecule has 1 aliphatic carbocycles. The summed E-state index contributed by atoms with van der Waals surface area (Å²) in [5.74, 6) is 0.724. The van der Waals surface area contributed by atoms with Gasteiger partial charge in [-0.25, -0.2) is 0 Å². The Morgan fingerprint density at radius 3 is 2.19 bits per heavy atom. The molecule has 1 aliphatic rings. The first kappa shape index (κ1) is 21.8. The van der Waals surface area contributed by atoms with Gasteiger partial charge in [-0.3, -0.25) is 9.59 Å². The van der Waals surface area contributed by atoms with Gasteiger partial charge in [-0.05, 0) is 71.0 Å². The molecule has 0 unspecified atom stereocenters. The van der Waals surface area contributed by atoms with Crippen molar-refractivity contribution in [2.45, 2.75) is 13.5 Å². The van der Waals surface area contributed by atoms with Crippen molar-refractivity contribution in [3.8, 4) is 11.5 Å². The summed E-state index contributed by atoms with van der Waals surface area (Å²) in [4.78, 5) is 25.4. The molecule has 156 valence electrons. The van der Waals surface area contributed by atoms with Gasteiger partial charge in [0.15, 0.2) is 23.1 Å². The zero-order valence-electron chi connectivity index (χ0n) is 16.7. The first-order valence-corrected chi connectivity index (χ1v) is 11.6. The number of fused-ring (bicyclic) bond motifs is 1. The van der Waals surface area contributed by atoms with E-state index in [-0.39, 0.29) is 17.1 Å². The van der Waals surface area contributed by atoms with E-state index in [1.165, 1.54) is 0 Å². The molecule has 0 saturated heterocycles. The summed E-state index contributed by atoms with van der Waals surface area (Å²) < 4.78 is 13.7. The van der Waals surface area contributed by atoms with Crippen molar-refractivity contribution in [2.75, 3.05) is 6.61 Å². The van der Waals surface area contributed by atoms with Crippen LogP contribution in [0.15, 0.2) is 70.7 Å². The second kappa shape index (κ2) is 9.36. The summed E-state index contributed by atoms with van der Waals surface area (Å²) in [6, 6.07) is 18.5. The number of carbonyl (C=O) groups is 2. The predicted molar refractivity (Wildman–Crippen MR) is 132 cm³/mol. The molecule has 3 aromatic rings. The molecule has 0 spiro atoms. The molecule has 4 nitrogen and oxygen atoms in total. The summed E-state index contributed by atoms with van der Waals surface area (Å²) in [5, 5.41) is 0. The lowest BCUT2D eigenvalue weighted by molar-refractivity contribution is 0.0990. The average molecular weight is 589 g/mol. The second-order valence-corrected chi connectivity index (χ2v) is 9.02. The Balaban J connectivity index is 1.64. The van der Waals surface area contributed by atoms with Crippen molar-refractivity contribution in [3.05, 3.63) is 96.5 Å². The third-order valence-corrected chi connectivity index (χ3v) is 6.17. The molecule has 0 aliphatic heterocycles. The van der Waals surface area contributed by atoms with Crippen molar-refractivity contribution < 1.29 is 19.1 Å². The highest BCUT2D eigenvalue weighted by atomic mass is 127. The first-order chi connectivity index (χ1) is 15.0. The molecule has 3 aromatic carbocycles. The molecular formula is C25H18BrIO4. The molecule has 0 fully saturated rings. The predicted octanol–water partition coefficient (Wildman–Crippen LogP) is 6.49. The minimum atomic E-state index is -0.246. The number of carbonyl (C=O) groups excluding carboxylic acids is 2. The number of hydrogen-bond donors (Lipinski definition) is 0. The highest BCUT2D eigenvalue weighted by molar-refractivity contribution is 14.1. The van der Waals surface area contributed by atoms with Gasteiger partial charge in [-0.15, -0.1) is 0 Å². The van der Waals surface area contributed by atoms with Crippen molar-refractivity contribution in [1.82, 2.24) is 0 Å². The Kier molecular flexibility index (Phi) is 6.57. The van der Waals surface area contributed by atoms with Crippen molar-refractivity contribution in [3.63, 3.8) is 0 Å². The number of allylic oxidation sites excluding steroid dienone is 1. The topological polar surface area (TPSA) is 52.6 Å². The van der Waals surface area contributed by atoms with E-state index in [0.29, 0.717) is 41.4 Å². The van der Waals surface area contributed by atoms with E-state index in [1.807, 2.05) is 37.3 Å². The minimum absolute atomic E-state index is 0.169. The third kappa shape index (κ3) is 4.60. The van der Waals surface area contributed by atoms with Crippen LogP contribution < -0.4 is 9.47 Å². The minimum Gasteiger partial charge on any atom is -0.490 e. The summed E-state index contributed by atoms with van der Waals surface area (Å²) >= 11 is 5.62. The molecule has 0 aromatic heterocycles. The van der Waals surface area contributed by atoms with Crippen LogP contribution in [0.2, 0.25) is 0 Å². The van der Waals surface area contributed by atoms with Crippen LogP contribution in [0, 0.1) is 3.57 Å². The Bertz CT molecular complexity index is 1160. The summed E-state index contributed by atoms with van der Waals surface area (Å²) in [7, 11) is 0. The fourth-order valence-electron chi connectivity index (χ4n) is 3.38. The van der Waals surface area contributed by atoms with Gasteiger partial charge in [-0.1, -0.05) is 52.3 Å². The van der Waals surface area contributed by atoms with E-state index in [4.69, 9.17) is 9.47 Å². The van der Waals surface area contributed by atoms with E-state index in [1.54, 1.807) is 36.4 Å². The van der Waals surface area contributed by atoms with E-state index in [0.717, 1.165) is 13.6 Å². The molecule has 0 amide bonds. The van der Waals surface area contributed by atoms with Crippen LogP contribution in [-0.2, 0) is 6.61 Å². The molecule has 31 heavy (non-hydrogen) atoms. The van der Waals surface area contributed by atoms with Gasteiger partial charge in [0.2, 0.25) is 0 Å². The molecule has 0 atom stereocenters. The molecule has 0 heterocycles. The Labute approximate surface area is 202 Å². The van der Waals surface area contributed by atoms with Gasteiger partial charge in [0.05, 0.1) is 15.8 Å². The van der Waals surface area contributed by atoms with Gasteiger partial charge in [0, 0.05) is 15.6 Å². The maximum absolute atomic E-state index is 12.7. The van der Waals surface area contributed by atoms with Crippen LogP contribution in [0.25, 0.3) is 6.08 Å². The van der Waals surface area contributed by atoms with Crippen molar-refractivity contribution in [1.29, 1.82) is 0 Å². The first-order valence-electron chi connectivity index (χ1n) is 9.71. The Morgan fingerprint density at radius 2 is 1.58 bits per heavy atom. The zero-order valence-corrected chi connectivity index (χ0v) is 20.4. The maximum atomic E-state index is 12.7. The highest BCUT2D eigenvalue weighted by Gasteiger charge is 2.32. The van der Waals surface area contributed by atoms with Crippen LogP contribution in [0.1, 0.15) is 38.8 Å². The van der Waals surface area contributed by atoms with Crippen LogP contribution in [0.3, 0.4) is 0 Å². The summed E-state index contributed by atoms with van der Waals surface area (Å²) in [6.45, 7) is 2.77.